The van der Waals surface area contributed by atoms with Gasteiger partial charge in [0, 0.05) is 12.6 Å². The molecule has 0 aromatic carbocycles. The van der Waals surface area contributed by atoms with Crippen molar-refractivity contribution in [2.45, 2.75) is 46.2 Å². The number of thiophene rings is 1. The van der Waals surface area contributed by atoms with Crippen LogP contribution >= 0.6 is 11.3 Å². The number of hydrogen-bond acceptors (Lipinski definition) is 4. The van der Waals surface area contributed by atoms with Gasteiger partial charge in [-0.25, -0.2) is 9.67 Å². The summed E-state index contributed by atoms with van der Waals surface area (Å²) in [7, 11) is 0. The third-order valence-corrected chi connectivity index (χ3v) is 5.14. The van der Waals surface area contributed by atoms with Crippen molar-refractivity contribution in [1.29, 1.82) is 0 Å². The minimum atomic E-state index is -0.0513. The van der Waals surface area contributed by atoms with E-state index in [1.165, 1.54) is 0 Å². The van der Waals surface area contributed by atoms with Gasteiger partial charge in [-0.3, -0.25) is 4.79 Å². The SMILES string of the molecule is CCC(CC)NC(=O)c1cc(-c2cccs2)nc2c1cnn2CC. The average Bonchev–Trinajstić information content (AvgIpc) is 3.27. The lowest BCUT2D eigenvalue weighted by atomic mass is 10.1. The van der Waals surface area contributed by atoms with Crippen LogP contribution in [0.3, 0.4) is 0 Å². The molecule has 24 heavy (non-hydrogen) atoms. The van der Waals surface area contributed by atoms with Crippen molar-refractivity contribution in [2.24, 2.45) is 0 Å². The molecule has 0 aliphatic rings. The van der Waals surface area contributed by atoms with Crippen LogP contribution in [0, 0.1) is 0 Å². The van der Waals surface area contributed by atoms with Crippen LogP contribution in [0.25, 0.3) is 21.6 Å². The molecule has 0 unspecified atom stereocenters. The van der Waals surface area contributed by atoms with E-state index in [1.807, 2.05) is 35.2 Å². The van der Waals surface area contributed by atoms with Gasteiger partial charge < -0.3 is 5.32 Å². The van der Waals surface area contributed by atoms with Crippen LogP contribution in [0.4, 0.5) is 0 Å². The highest BCUT2D eigenvalue weighted by Gasteiger charge is 2.19. The van der Waals surface area contributed by atoms with Crippen LogP contribution in [-0.2, 0) is 6.54 Å². The highest BCUT2D eigenvalue weighted by molar-refractivity contribution is 7.13. The molecule has 126 valence electrons. The van der Waals surface area contributed by atoms with Crippen LogP contribution in [0.2, 0.25) is 0 Å². The summed E-state index contributed by atoms with van der Waals surface area (Å²) in [6.07, 6.45) is 3.58. The second-order valence-corrected chi connectivity index (χ2v) is 6.66. The zero-order chi connectivity index (χ0) is 17.1. The number of nitrogens with one attached hydrogen (secondary N) is 1. The van der Waals surface area contributed by atoms with Crippen molar-refractivity contribution in [3.05, 3.63) is 35.3 Å². The van der Waals surface area contributed by atoms with Crippen LogP contribution in [-0.4, -0.2) is 26.7 Å². The van der Waals surface area contributed by atoms with Crippen molar-refractivity contribution < 1.29 is 4.79 Å². The highest BCUT2D eigenvalue weighted by atomic mass is 32.1. The van der Waals surface area contributed by atoms with Gasteiger partial charge in [-0.1, -0.05) is 19.9 Å². The number of aryl methyl sites for hydroxylation is 1. The van der Waals surface area contributed by atoms with Crippen LogP contribution in [0.1, 0.15) is 44.0 Å². The summed E-state index contributed by atoms with van der Waals surface area (Å²) in [5, 5.41) is 10.3. The minimum absolute atomic E-state index is 0.0513. The number of carbonyl (C=O) groups is 1. The van der Waals surface area contributed by atoms with Crippen molar-refractivity contribution in [3.63, 3.8) is 0 Å². The molecule has 5 nitrogen and oxygen atoms in total. The molecule has 3 aromatic rings. The van der Waals surface area contributed by atoms with E-state index in [0.29, 0.717) is 5.56 Å². The molecule has 0 saturated heterocycles. The molecule has 0 radical (unpaired) electrons. The third-order valence-electron chi connectivity index (χ3n) is 4.25. The van der Waals surface area contributed by atoms with Crippen LogP contribution in [0.15, 0.2) is 29.8 Å². The molecule has 0 aliphatic heterocycles. The molecule has 3 rings (SSSR count). The Morgan fingerprint density at radius 1 is 1.33 bits per heavy atom. The predicted octanol–water partition coefficient (Wildman–Crippen LogP) is 4.10. The fraction of sp³-hybridized carbons (Fsp3) is 0.389. The number of amides is 1. The van der Waals surface area contributed by atoms with Gasteiger partial charge in [-0.05, 0) is 37.3 Å². The maximum atomic E-state index is 12.8. The fourth-order valence-corrected chi connectivity index (χ4v) is 3.46. The first-order valence-corrected chi connectivity index (χ1v) is 9.27. The average molecular weight is 342 g/mol. The van der Waals surface area contributed by atoms with E-state index in [1.54, 1.807) is 17.5 Å². The van der Waals surface area contributed by atoms with E-state index in [-0.39, 0.29) is 11.9 Å². The van der Waals surface area contributed by atoms with Crippen molar-refractivity contribution in [2.75, 3.05) is 0 Å². The Morgan fingerprint density at radius 2 is 2.12 bits per heavy atom. The van der Waals surface area contributed by atoms with E-state index < -0.39 is 0 Å². The first-order valence-electron chi connectivity index (χ1n) is 8.39. The molecule has 0 saturated carbocycles. The zero-order valence-electron chi connectivity index (χ0n) is 14.2. The molecule has 0 atom stereocenters. The summed E-state index contributed by atoms with van der Waals surface area (Å²) in [4.78, 5) is 18.6. The third kappa shape index (κ3) is 3.06. The maximum absolute atomic E-state index is 12.8. The minimum Gasteiger partial charge on any atom is -0.349 e. The van der Waals surface area contributed by atoms with Gasteiger partial charge in [0.15, 0.2) is 5.65 Å². The molecule has 0 aliphatic carbocycles. The normalized spacial score (nSPS) is 11.3. The summed E-state index contributed by atoms with van der Waals surface area (Å²) in [5.41, 5.74) is 2.23. The van der Waals surface area contributed by atoms with Crippen molar-refractivity contribution in [3.8, 4) is 10.6 Å². The Hall–Kier alpha value is -2.21. The smallest absolute Gasteiger partial charge is 0.252 e. The number of rotatable bonds is 6. The van der Waals surface area contributed by atoms with Gasteiger partial charge in [-0.15, -0.1) is 11.3 Å². The summed E-state index contributed by atoms with van der Waals surface area (Å²) < 4.78 is 1.83. The van der Waals surface area contributed by atoms with E-state index in [2.05, 4.69) is 24.3 Å². The van der Waals surface area contributed by atoms with Gasteiger partial charge >= 0.3 is 0 Å². The van der Waals surface area contributed by atoms with Gasteiger partial charge in [0.2, 0.25) is 0 Å². The van der Waals surface area contributed by atoms with Crippen molar-refractivity contribution >= 4 is 28.3 Å². The molecular formula is C18H22N4OS. The zero-order valence-corrected chi connectivity index (χ0v) is 15.1. The van der Waals surface area contributed by atoms with Gasteiger partial charge in [0.05, 0.1) is 27.7 Å². The number of fused-ring (bicyclic) bond motifs is 1. The molecule has 0 bridgehead atoms. The first kappa shape index (κ1) is 16.6. The standard InChI is InChI=1S/C18H22N4OS/c1-4-12(5-2)20-18(23)13-10-15(16-8-7-9-24-16)21-17-14(13)11-19-22(17)6-3/h7-12H,4-6H2,1-3H3,(H,20,23). The largest absolute Gasteiger partial charge is 0.349 e. The molecule has 1 N–H and O–H groups in total. The Balaban J connectivity index is 2.11. The summed E-state index contributed by atoms with van der Waals surface area (Å²) in [6, 6.07) is 6.08. The van der Waals surface area contributed by atoms with E-state index in [4.69, 9.17) is 4.98 Å². The van der Waals surface area contributed by atoms with Gasteiger partial charge in [0.25, 0.3) is 5.91 Å². The lowest BCUT2D eigenvalue weighted by molar-refractivity contribution is 0.0936. The first-order chi connectivity index (χ1) is 11.7. The molecule has 6 heteroatoms. The van der Waals surface area contributed by atoms with Gasteiger partial charge in [-0.2, -0.15) is 5.10 Å². The molecule has 3 aromatic heterocycles. The van der Waals surface area contributed by atoms with Crippen LogP contribution in [0.5, 0.6) is 0 Å². The highest BCUT2D eigenvalue weighted by Crippen LogP contribution is 2.28. The second-order valence-electron chi connectivity index (χ2n) is 5.72. The Bertz CT molecular complexity index is 834. The van der Waals surface area contributed by atoms with Crippen LogP contribution < -0.4 is 5.32 Å². The molecule has 3 heterocycles. The Kier molecular flexibility index (Phi) is 4.94. The maximum Gasteiger partial charge on any atom is 0.252 e. The summed E-state index contributed by atoms with van der Waals surface area (Å²) in [5.74, 6) is -0.0513. The van der Waals surface area contributed by atoms with E-state index >= 15 is 0 Å². The van der Waals surface area contributed by atoms with E-state index in [0.717, 1.165) is 41.0 Å². The Labute approximate surface area is 145 Å². The quantitative estimate of drug-likeness (QED) is 0.734. The molecule has 1 amide bonds. The second kappa shape index (κ2) is 7.13. The number of hydrogen-bond donors (Lipinski definition) is 1. The number of aromatic nitrogens is 3. The summed E-state index contributed by atoms with van der Waals surface area (Å²) in [6.45, 7) is 6.92. The number of nitrogens with zero attached hydrogens (tertiary/aromatic N) is 3. The monoisotopic (exact) mass is 342 g/mol. The molecular weight excluding hydrogens is 320 g/mol. The lowest BCUT2D eigenvalue weighted by Gasteiger charge is -2.15. The predicted molar refractivity (Wildman–Crippen MR) is 98.4 cm³/mol. The molecule has 0 fully saturated rings. The lowest BCUT2D eigenvalue weighted by Crippen LogP contribution is -2.34. The van der Waals surface area contributed by atoms with Crippen molar-refractivity contribution in [1.82, 2.24) is 20.1 Å². The van der Waals surface area contributed by atoms with Gasteiger partial charge in [0.1, 0.15) is 0 Å². The van der Waals surface area contributed by atoms with E-state index in [9.17, 15) is 4.79 Å². The summed E-state index contributed by atoms with van der Waals surface area (Å²) >= 11 is 1.62. The fourth-order valence-electron chi connectivity index (χ4n) is 2.77. The number of carbonyl (C=O) groups excluding carboxylic acids is 1. The number of pyridine rings is 1. The Morgan fingerprint density at radius 3 is 2.75 bits per heavy atom. The molecule has 0 spiro atoms. The topological polar surface area (TPSA) is 59.8 Å².